The van der Waals surface area contributed by atoms with Gasteiger partial charge in [-0.3, -0.25) is 4.79 Å². The smallest absolute Gasteiger partial charge is 0.200 e. The monoisotopic (exact) mass is 495 g/mol. The van der Waals surface area contributed by atoms with Crippen LogP contribution in [0.5, 0.6) is 0 Å². The van der Waals surface area contributed by atoms with Crippen LogP contribution >= 0.6 is 11.3 Å². The van der Waals surface area contributed by atoms with E-state index < -0.39 is 0 Å². The predicted molar refractivity (Wildman–Crippen MR) is 157 cm³/mol. The number of benzene rings is 5. The van der Waals surface area contributed by atoms with E-state index in [4.69, 9.17) is 4.42 Å². The first-order valence-electron chi connectivity index (χ1n) is 12.4. The van der Waals surface area contributed by atoms with Gasteiger partial charge in [0.15, 0.2) is 0 Å². The molecule has 0 saturated carbocycles. The largest absolute Gasteiger partial charge is 0.456 e. The fourth-order valence-corrected chi connectivity index (χ4v) is 6.98. The van der Waals surface area contributed by atoms with Gasteiger partial charge in [0.25, 0.3) is 0 Å². The lowest BCUT2D eigenvalue weighted by Crippen LogP contribution is -2.01. The van der Waals surface area contributed by atoms with Crippen LogP contribution in [0.3, 0.4) is 0 Å². The summed E-state index contributed by atoms with van der Waals surface area (Å²) in [7, 11) is 0. The highest BCUT2D eigenvalue weighted by molar-refractivity contribution is 7.26. The zero-order chi connectivity index (χ0) is 24.8. The maximum atomic E-state index is 13.3. The Hall–Kier alpha value is -4.41. The molecule has 37 heavy (non-hydrogen) atoms. The molecule has 0 unspecified atom stereocenters. The maximum absolute atomic E-state index is 13.3. The van der Waals surface area contributed by atoms with Crippen LogP contribution in [0.25, 0.3) is 69.6 Å². The summed E-state index contributed by atoms with van der Waals surface area (Å²) in [6.07, 6.45) is 0. The molecule has 3 aromatic heterocycles. The molecular weight excluding hydrogens is 474 g/mol. The summed E-state index contributed by atoms with van der Waals surface area (Å²) in [5.41, 5.74) is 7.33. The van der Waals surface area contributed by atoms with Crippen LogP contribution in [0.2, 0.25) is 0 Å². The number of thiophene rings is 1. The van der Waals surface area contributed by atoms with Crippen LogP contribution < -0.4 is 5.43 Å². The Balaban J connectivity index is 1.50. The molecule has 0 spiro atoms. The van der Waals surface area contributed by atoms with Gasteiger partial charge in [0.2, 0.25) is 5.43 Å². The van der Waals surface area contributed by atoms with E-state index in [2.05, 4.69) is 73.0 Å². The van der Waals surface area contributed by atoms with Gasteiger partial charge in [0.1, 0.15) is 11.2 Å². The van der Waals surface area contributed by atoms with Gasteiger partial charge < -0.3 is 8.98 Å². The van der Waals surface area contributed by atoms with Crippen LogP contribution in [-0.4, -0.2) is 4.57 Å². The molecule has 8 aromatic rings. The standard InChI is InChI=1S/C33H21NO2S/c1-18-10-12-26-22(14-18)23-15-19(2)11-13-27(23)34(26)28-8-5-7-20-24-16-25-30(17-31(24)37-33(20)28)36-29-9-4-3-6-21(29)32(25)35/h3-17H,1-2H3. The highest BCUT2D eigenvalue weighted by Gasteiger charge is 2.18. The fraction of sp³-hybridized carbons (Fsp3) is 0.0606. The van der Waals surface area contributed by atoms with Gasteiger partial charge in [0, 0.05) is 26.2 Å². The fourth-order valence-electron chi connectivity index (χ4n) is 5.77. The summed E-state index contributed by atoms with van der Waals surface area (Å²) in [5, 5.41) is 6.02. The van der Waals surface area contributed by atoms with Crippen molar-refractivity contribution in [1.29, 1.82) is 0 Å². The van der Waals surface area contributed by atoms with Gasteiger partial charge >= 0.3 is 0 Å². The third-order valence-corrected chi connectivity index (χ3v) is 8.68. The van der Waals surface area contributed by atoms with E-state index in [-0.39, 0.29) is 5.43 Å². The van der Waals surface area contributed by atoms with E-state index >= 15 is 0 Å². The van der Waals surface area contributed by atoms with E-state index in [0.717, 1.165) is 21.2 Å². The summed E-state index contributed by atoms with van der Waals surface area (Å²) in [4.78, 5) is 13.3. The van der Waals surface area contributed by atoms with Crippen molar-refractivity contribution >= 4 is 75.3 Å². The normalized spacial score (nSPS) is 12.2. The first kappa shape index (κ1) is 20.7. The second kappa shape index (κ2) is 7.31. The van der Waals surface area contributed by atoms with Crippen molar-refractivity contribution in [3.63, 3.8) is 0 Å². The molecule has 0 fully saturated rings. The van der Waals surface area contributed by atoms with E-state index in [1.165, 1.54) is 37.6 Å². The van der Waals surface area contributed by atoms with Crippen molar-refractivity contribution in [2.45, 2.75) is 13.8 Å². The Labute approximate surface area is 215 Å². The Bertz CT molecular complexity index is 2240. The van der Waals surface area contributed by atoms with Crippen LogP contribution in [0, 0.1) is 13.8 Å². The summed E-state index contributed by atoms with van der Waals surface area (Å²) in [5.74, 6) is 0. The Morgan fingerprint density at radius 3 is 2.08 bits per heavy atom. The number of aromatic nitrogens is 1. The van der Waals surface area contributed by atoms with Crippen molar-refractivity contribution in [2.75, 3.05) is 0 Å². The summed E-state index contributed by atoms with van der Waals surface area (Å²) >= 11 is 1.75. The minimum absolute atomic E-state index is 0.0161. The highest BCUT2D eigenvalue weighted by Crippen LogP contribution is 2.42. The molecule has 0 radical (unpaired) electrons. The van der Waals surface area contributed by atoms with Gasteiger partial charge in [-0.05, 0) is 68.4 Å². The zero-order valence-corrected chi connectivity index (χ0v) is 21.1. The predicted octanol–water partition coefficient (Wildman–Crippen LogP) is 9.03. The number of hydrogen-bond acceptors (Lipinski definition) is 3. The SMILES string of the molecule is Cc1ccc2c(c1)c1cc(C)ccc1n2-c1cccc2c1sc1cc3oc4ccccc4c(=O)c3cc12. The van der Waals surface area contributed by atoms with Crippen molar-refractivity contribution in [3.8, 4) is 5.69 Å². The van der Waals surface area contributed by atoms with Gasteiger partial charge in [-0.25, -0.2) is 0 Å². The van der Waals surface area contributed by atoms with Crippen LogP contribution in [0.4, 0.5) is 0 Å². The topological polar surface area (TPSA) is 35.1 Å². The average Bonchev–Trinajstić information content (AvgIpc) is 3.42. The number of nitrogens with zero attached hydrogens (tertiary/aromatic N) is 1. The molecule has 176 valence electrons. The molecule has 3 heterocycles. The molecule has 0 saturated heterocycles. The second-order valence-electron chi connectivity index (χ2n) is 9.90. The van der Waals surface area contributed by atoms with Gasteiger partial charge in [-0.2, -0.15) is 0 Å². The van der Waals surface area contributed by atoms with Crippen molar-refractivity contribution in [1.82, 2.24) is 4.57 Å². The van der Waals surface area contributed by atoms with Gasteiger partial charge in [0.05, 0.1) is 32.2 Å². The van der Waals surface area contributed by atoms with Crippen LogP contribution in [-0.2, 0) is 0 Å². The average molecular weight is 496 g/mol. The first-order valence-corrected chi connectivity index (χ1v) is 13.2. The maximum Gasteiger partial charge on any atom is 0.200 e. The molecule has 8 rings (SSSR count). The minimum atomic E-state index is 0.0161. The lowest BCUT2D eigenvalue weighted by molar-refractivity contribution is 0.660. The Morgan fingerprint density at radius 1 is 0.622 bits per heavy atom. The quantitative estimate of drug-likeness (QED) is 0.213. The first-order chi connectivity index (χ1) is 18.1. The van der Waals surface area contributed by atoms with E-state index in [0.29, 0.717) is 21.9 Å². The molecule has 0 aliphatic rings. The van der Waals surface area contributed by atoms with Gasteiger partial charge in [-0.1, -0.05) is 47.5 Å². The molecule has 0 aliphatic heterocycles. The van der Waals surface area contributed by atoms with Crippen molar-refractivity contribution < 1.29 is 4.42 Å². The third-order valence-electron chi connectivity index (χ3n) is 7.49. The highest BCUT2D eigenvalue weighted by atomic mass is 32.1. The molecule has 3 nitrogen and oxygen atoms in total. The van der Waals surface area contributed by atoms with E-state index in [1.54, 1.807) is 11.3 Å². The number of para-hydroxylation sites is 1. The Morgan fingerprint density at radius 2 is 1.32 bits per heavy atom. The number of aryl methyl sites for hydroxylation is 2. The zero-order valence-electron chi connectivity index (χ0n) is 20.3. The lowest BCUT2D eigenvalue weighted by atomic mass is 10.1. The van der Waals surface area contributed by atoms with Crippen molar-refractivity contribution in [3.05, 3.63) is 112 Å². The summed E-state index contributed by atoms with van der Waals surface area (Å²) < 4.78 is 10.9. The van der Waals surface area contributed by atoms with Crippen LogP contribution in [0.15, 0.2) is 100 Å². The summed E-state index contributed by atoms with van der Waals surface area (Å²) in [6.45, 7) is 4.29. The molecular formula is C33H21NO2S. The number of hydrogen-bond donors (Lipinski definition) is 0. The number of fused-ring (bicyclic) bond motifs is 8. The number of rotatable bonds is 1. The third kappa shape index (κ3) is 2.85. The Kier molecular flexibility index (Phi) is 4.10. The van der Waals surface area contributed by atoms with E-state index in [9.17, 15) is 4.79 Å². The minimum Gasteiger partial charge on any atom is -0.456 e. The van der Waals surface area contributed by atoms with Crippen molar-refractivity contribution in [2.24, 2.45) is 0 Å². The molecule has 4 heteroatoms. The molecule has 0 amide bonds. The molecule has 0 aliphatic carbocycles. The second-order valence-corrected chi connectivity index (χ2v) is 11.0. The van der Waals surface area contributed by atoms with Crippen LogP contribution in [0.1, 0.15) is 11.1 Å². The molecule has 5 aromatic carbocycles. The van der Waals surface area contributed by atoms with Gasteiger partial charge in [-0.15, -0.1) is 11.3 Å². The lowest BCUT2D eigenvalue weighted by Gasteiger charge is -2.09. The summed E-state index contributed by atoms with van der Waals surface area (Å²) in [6, 6.07) is 31.4. The molecule has 0 bridgehead atoms. The molecule has 0 N–H and O–H groups in total. The van der Waals surface area contributed by atoms with E-state index in [1.807, 2.05) is 36.4 Å². The molecule has 0 atom stereocenters.